The molecule has 1 aromatic heterocycles. The van der Waals surface area contributed by atoms with Crippen LogP contribution in [0.3, 0.4) is 0 Å². The highest BCUT2D eigenvalue weighted by molar-refractivity contribution is 7.15. The van der Waals surface area contributed by atoms with Crippen molar-refractivity contribution in [3.05, 3.63) is 76.0 Å². The van der Waals surface area contributed by atoms with Gasteiger partial charge in [0.2, 0.25) is 10.0 Å². The number of amides is 2. The molecule has 7 nitrogen and oxygen atoms in total. The first-order valence-electron chi connectivity index (χ1n) is 10.5. The number of piperidine rings is 1. The van der Waals surface area contributed by atoms with Crippen molar-refractivity contribution in [3.63, 3.8) is 0 Å². The second-order valence-electron chi connectivity index (χ2n) is 7.75. The zero-order chi connectivity index (χ0) is 22.3. The van der Waals surface area contributed by atoms with Gasteiger partial charge in [-0.1, -0.05) is 47.7 Å². The summed E-state index contributed by atoms with van der Waals surface area (Å²) in [6.45, 7) is 2.86. The van der Waals surface area contributed by atoms with Gasteiger partial charge in [-0.2, -0.15) is 0 Å². The maximum absolute atomic E-state index is 13.8. The summed E-state index contributed by atoms with van der Waals surface area (Å²) in [5.41, 5.74) is 1.36. The molecule has 0 atom stereocenters. The zero-order valence-corrected chi connectivity index (χ0v) is 18.3. The van der Waals surface area contributed by atoms with E-state index in [2.05, 4.69) is 25.7 Å². The third-order valence-electron chi connectivity index (χ3n) is 5.46. The molecule has 4 rings (SSSR count). The molecule has 2 amide bonds. The number of hydrogen-bond donors (Lipinski definition) is 2. The SMILES string of the molecule is O=C(NCC1CCN(Cc2ccccc2F)CC1)c1nnc(C(=O)Nc2ccccc2)s1. The molecule has 2 aromatic carbocycles. The molecule has 1 aliphatic heterocycles. The predicted molar refractivity (Wildman–Crippen MR) is 121 cm³/mol. The maximum atomic E-state index is 13.8. The maximum Gasteiger partial charge on any atom is 0.286 e. The molecule has 0 unspecified atom stereocenters. The molecule has 0 spiro atoms. The van der Waals surface area contributed by atoms with Crippen molar-refractivity contribution in [1.82, 2.24) is 20.4 Å². The summed E-state index contributed by atoms with van der Waals surface area (Å²) >= 11 is 0.968. The van der Waals surface area contributed by atoms with Crippen molar-refractivity contribution in [2.75, 3.05) is 25.0 Å². The number of nitrogens with zero attached hydrogens (tertiary/aromatic N) is 3. The van der Waals surface area contributed by atoms with E-state index in [0.29, 0.717) is 30.3 Å². The van der Waals surface area contributed by atoms with Crippen LogP contribution in [0.15, 0.2) is 54.6 Å². The van der Waals surface area contributed by atoms with Crippen molar-refractivity contribution in [3.8, 4) is 0 Å². The Labute approximate surface area is 189 Å². The van der Waals surface area contributed by atoms with E-state index in [1.54, 1.807) is 18.2 Å². The second kappa shape index (κ2) is 10.4. The minimum absolute atomic E-state index is 0.139. The van der Waals surface area contributed by atoms with E-state index in [1.807, 2.05) is 30.3 Å². The molecule has 1 aliphatic rings. The van der Waals surface area contributed by atoms with Gasteiger partial charge >= 0.3 is 0 Å². The highest BCUT2D eigenvalue weighted by atomic mass is 32.1. The fraction of sp³-hybridized carbons (Fsp3) is 0.304. The molecule has 2 heterocycles. The lowest BCUT2D eigenvalue weighted by Gasteiger charge is -2.32. The molecule has 0 saturated carbocycles. The normalized spacial score (nSPS) is 14.8. The first kappa shape index (κ1) is 22.0. The van der Waals surface area contributed by atoms with Gasteiger partial charge in [-0.05, 0) is 50.0 Å². The predicted octanol–water partition coefficient (Wildman–Crippen LogP) is 3.57. The number of nitrogens with one attached hydrogen (secondary N) is 2. The Kier molecular flexibility index (Phi) is 7.18. The number of aromatic nitrogens is 2. The number of carbonyl (C=O) groups excluding carboxylic acids is 2. The van der Waals surface area contributed by atoms with Crippen LogP contribution in [0.25, 0.3) is 0 Å². The number of hydrogen-bond acceptors (Lipinski definition) is 6. The van der Waals surface area contributed by atoms with Crippen LogP contribution in [0.1, 0.15) is 38.0 Å². The van der Waals surface area contributed by atoms with Crippen LogP contribution < -0.4 is 10.6 Å². The number of rotatable bonds is 7. The van der Waals surface area contributed by atoms with Crippen molar-refractivity contribution in [1.29, 1.82) is 0 Å². The molecule has 1 fully saturated rings. The van der Waals surface area contributed by atoms with Gasteiger partial charge in [-0.3, -0.25) is 14.5 Å². The molecule has 166 valence electrons. The van der Waals surface area contributed by atoms with E-state index in [-0.39, 0.29) is 21.7 Å². The first-order chi connectivity index (χ1) is 15.6. The molecular weight excluding hydrogens is 429 g/mol. The molecular formula is C23H24FN5O2S. The van der Waals surface area contributed by atoms with E-state index < -0.39 is 5.91 Å². The summed E-state index contributed by atoms with van der Waals surface area (Å²) in [5.74, 6) is -0.537. The highest BCUT2D eigenvalue weighted by Crippen LogP contribution is 2.20. The Morgan fingerprint density at radius 1 is 0.969 bits per heavy atom. The number of benzene rings is 2. The van der Waals surface area contributed by atoms with Crippen molar-refractivity contribution in [2.45, 2.75) is 19.4 Å². The molecule has 0 aliphatic carbocycles. The zero-order valence-electron chi connectivity index (χ0n) is 17.5. The number of halogens is 1. The molecule has 0 radical (unpaired) electrons. The molecule has 9 heteroatoms. The van der Waals surface area contributed by atoms with Gasteiger partial charge in [-0.15, -0.1) is 10.2 Å². The fourth-order valence-electron chi connectivity index (χ4n) is 3.64. The lowest BCUT2D eigenvalue weighted by Crippen LogP contribution is -2.38. The third-order valence-corrected chi connectivity index (χ3v) is 6.38. The average molecular weight is 454 g/mol. The topological polar surface area (TPSA) is 87.2 Å². The standard InChI is InChI=1S/C23H24FN5O2S/c24-19-9-5-4-6-17(19)15-29-12-10-16(11-13-29)14-25-20(30)22-27-28-23(32-22)21(31)26-18-7-2-1-3-8-18/h1-9,16H,10-15H2,(H,25,30)(H,26,31). The Balaban J connectivity index is 1.22. The van der Waals surface area contributed by atoms with Gasteiger partial charge < -0.3 is 10.6 Å². The van der Waals surface area contributed by atoms with Gasteiger partial charge in [0.05, 0.1) is 0 Å². The summed E-state index contributed by atoms with van der Waals surface area (Å²) in [7, 11) is 0. The second-order valence-corrected chi connectivity index (χ2v) is 8.73. The number of anilines is 1. The summed E-state index contributed by atoms with van der Waals surface area (Å²) in [6.07, 6.45) is 1.85. The first-order valence-corrected chi connectivity index (χ1v) is 11.3. The van der Waals surface area contributed by atoms with Crippen LogP contribution in [0.4, 0.5) is 10.1 Å². The number of carbonyl (C=O) groups is 2. The fourth-order valence-corrected chi connectivity index (χ4v) is 4.30. The van der Waals surface area contributed by atoms with E-state index in [0.717, 1.165) is 37.3 Å². The van der Waals surface area contributed by atoms with E-state index in [4.69, 9.17) is 0 Å². The summed E-state index contributed by atoms with van der Waals surface area (Å²) in [5, 5.41) is 13.6. The third kappa shape index (κ3) is 5.74. The summed E-state index contributed by atoms with van der Waals surface area (Å²) in [4.78, 5) is 26.9. The Bertz CT molecular complexity index is 1070. The quantitative estimate of drug-likeness (QED) is 0.571. The number of likely N-dealkylation sites (tertiary alicyclic amines) is 1. The largest absolute Gasteiger partial charge is 0.350 e. The molecule has 1 saturated heterocycles. The molecule has 3 aromatic rings. The van der Waals surface area contributed by atoms with Crippen LogP contribution in [0.5, 0.6) is 0 Å². The van der Waals surface area contributed by atoms with E-state index in [9.17, 15) is 14.0 Å². The average Bonchev–Trinajstić information content (AvgIpc) is 3.31. The lowest BCUT2D eigenvalue weighted by molar-refractivity contribution is 0.0933. The van der Waals surface area contributed by atoms with Crippen LogP contribution in [0, 0.1) is 11.7 Å². The smallest absolute Gasteiger partial charge is 0.286 e. The molecule has 0 bridgehead atoms. The van der Waals surface area contributed by atoms with Crippen LogP contribution >= 0.6 is 11.3 Å². The van der Waals surface area contributed by atoms with Crippen LogP contribution in [0.2, 0.25) is 0 Å². The van der Waals surface area contributed by atoms with Crippen molar-refractivity contribution >= 4 is 28.8 Å². The minimum atomic E-state index is -0.394. The van der Waals surface area contributed by atoms with Gasteiger partial charge in [0, 0.05) is 24.3 Å². The van der Waals surface area contributed by atoms with Gasteiger partial charge in [0.15, 0.2) is 0 Å². The minimum Gasteiger partial charge on any atom is -0.350 e. The van der Waals surface area contributed by atoms with E-state index in [1.165, 1.54) is 6.07 Å². The van der Waals surface area contributed by atoms with Crippen LogP contribution in [-0.4, -0.2) is 46.5 Å². The van der Waals surface area contributed by atoms with Gasteiger partial charge in [0.1, 0.15) is 5.82 Å². The summed E-state index contributed by atoms with van der Waals surface area (Å²) in [6, 6.07) is 15.9. The van der Waals surface area contributed by atoms with Crippen molar-refractivity contribution in [2.24, 2.45) is 5.92 Å². The Morgan fingerprint density at radius 2 is 1.62 bits per heavy atom. The van der Waals surface area contributed by atoms with Crippen LogP contribution in [-0.2, 0) is 6.54 Å². The highest BCUT2D eigenvalue weighted by Gasteiger charge is 2.22. The summed E-state index contributed by atoms with van der Waals surface area (Å²) < 4.78 is 13.8. The van der Waals surface area contributed by atoms with Gasteiger partial charge in [-0.25, -0.2) is 4.39 Å². The lowest BCUT2D eigenvalue weighted by atomic mass is 9.96. The monoisotopic (exact) mass is 453 g/mol. The molecule has 2 N–H and O–H groups in total. The molecule has 32 heavy (non-hydrogen) atoms. The van der Waals surface area contributed by atoms with Crippen molar-refractivity contribution < 1.29 is 14.0 Å². The van der Waals surface area contributed by atoms with E-state index >= 15 is 0 Å². The Morgan fingerprint density at radius 3 is 2.34 bits per heavy atom. The number of para-hydroxylation sites is 1. The van der Waals surface area contributed by atoms with Gasteiger partial charge in [0.25, 0.3) is 11.8 Å². The Hall–Kier alpha value is -3.17.